The zero-order valence-corrected chi connectivity index (χ0v) is 12.0. The predicted molar refractivity (Wildman–Crippen MR) is 77.2 cm³/mol. The number of primary amides is 1. The van der Waals surface area contributed by atoms with Gasteiger partial charge in [0.05, 0.1) is 12.0 Å². The number of carbonyl (C=O) groups is 2. The summed E-state index contributed by atoms with van der Waals surface area (Å²) in [6.45, 7) is 0. The number of likely N-dealkylation sites (N-methyl/N-ethyl adjacent to an activating group) is 1. The number of rotatable bonds is 6. The first kappa shape index (κ1) is 15.1. The van der Waals surface area contributed by atoms with Crippen molar-refractivity contribution in [2.45, 2.75) is 12.0 Å². The van der Waals surface area contributed by atoms with Gasteiger partial charge in [-0.05, 0) is 18.7 Å². The van der Waals surface area contributed by atoms with Crippen molar-refractivity contribution < 1.29 is 14.7 Å². The average molecular weight is 306 g/mol. The van der Waals surface area contributed by atoms with Gasteiger partial charge in [-0.1, -0.05) is 6.07 Å². The fourth-order valence-electron chi connectivity index (χ4n) is 2.04. The van der Waals surface area contributed by atoms with E-state index < -0.39 is 23.8 Å². The van der Waals surface area contributed by atoms with E-state index in [4.69, 9.17) is 10.8 Å². The summed E-state index contributed by atoms with van der Waals surface area (Å²) in [5.41, 5.74) is 6.11. The number of hydrogen-bond acceptors (Lipinski definition) is 6. The monoisotopic (exact) mass is 306 g/mol. The number of carboxylic acid groups (broad SMARTS) is 1. The third-order valence-electron chi connectivity index (χ3n) is 3.00. The summed E-state index contributed by atoms with van der Waals surface area (Å²) in [7, 11) is 1.62. The zero-order chi connectivity index (χ0) is 15.4. The molecular formula is C13H14N4O3S. The minimum absolute atomic E-state index is 0.0526. The van der Waals surface area contributed by atoms with Gasteiger partial charge in [-0.25, -0.2) is 9.78 Å². The topological polar surface area (TPSA) is 118 Å². The van der Waals surface area contributed by atoms with Crippen LogP contribution in [0, 0.1) is 0 Å². The molecule has 0 radical (unpaired) electrons. The molecule has 1 amide bonds. The summed E-state index contributed by atoms with van der Waals surface area (Å²) >= 11 is 1.17. The van der Waals surface area contributed by atoms with Crippen LogP contribution in [0.4, 0.5) is 0 Å². The molecule has 2 aromatic heterocycles. The van der Waals surface area contributed by atoms with E-state index in [1.165, 1.54) is 16.7 Å². The molecule has 4 N–H and O–H groups in total. The number of aromatic carboxylic acids is 1. The number of nitrogens with zero attached hydrogens (tertiary/aromatic N) is 2. The number of nitrogens with two attached hydrogens (primary N) is 1. The van der Waals surface area contributed by atoms with Gasteiger partial charge in [-0.2, -0.15) is 0 Å². The van der Waals surface area contributed by atoms with Crippen molar-refractivity contribution in [3.05, 3.63) is 46.2 Å². The molecular weight excluding hydrogens is 292 g/mol. The Morgan fingerprint density at radius 1 is 1.48 bits per heavy atom. The Morgan fingerprint density at radius 3 is 2.71 bits per heavy atom. The smallest absolute Gasteiger partial charge is 0.355 e. The van der Waals surface area contributed by atoms with Crippen molar-refractivity contribution in [2.75, 3.05) is 7.05 Å². The van der Waals surface area contributed by atoms with Crippen LogP contribution in [0.1, 0.15) is 27.0 Å². The van der Waals surface area contributed by atoms with Crippen LogP contribution in [0.3, 0.4) is 0 Å². The van der Waals surface area contributed by atoms with Gasteiger partial charge >= 0.3 is 5.97 Å². The van der Waals surface area contributed by atoms with Crippen molar-refractivity contribution in [1.82, 2.24) is 15.3 Å². The molecule has 0 saturated carbocycles. The molecule has 0 aliphatic heterocycles. The Kier molecular flexibility index (Phi) is 4.61. The highest BCUT2D eigenvalue weighted by atomic mass is 32.1. The SMILES string of the molecule is CNC(C(N)=O)C(c1cccnc1)c1nc(C(=O)O)cs1. The van der Waals surface area contributed by atoms with Crippen LogP contribution in [0.5, 0.6) is 0 Å². The van der Waals surface area contributed by atoms with E-state index >= 15 is 0 Å². The summed E-state index contributed by atoms with van der Waals surface area (Å²) in [6.07, 6.45) is 3.23. The lowest BCUT2D eigenvalue weighted by Gasteiger charge is -2.22. The van der Waals surface area contributed by atoms with Crippen LogP contribution in [0.2, 0.25) is 0 Å². The summed E-state index contributed by atoms with van der Waals surface area (Å²) in [6, 6.07) is 2.83. The molecule has 0 aromatic carbocycles. The zero-order valence-electron chi connectivity index (χ0n) is 11.2. The van der Waals surface area contributed by atoms with Gasteiger partial charge in [0.1, 0.15) is 5.01 Å². The molecule has 21 heavy (non-hydrogen) atoms. The number of carboxylic acids is 1. The molecule has 7 nitrogen and oxygen atoms in total. The third-order valence-corrected chi connectivity index (χ3v) is 3.93. The Bertz CT molecular complexity index is 644. The van der Waals surface area contributed by atoms with Gasteiger partial charge in [-0.15, -0.1) is 11.3 Å². The Hall–Kier alpha value is -2.32. The maximum Gasteiger partial charge on any atom is 0.355 e. The molecule has 0 fully saturated rings. The van der Waals surface area contributed by atoms with Crippen molar-refractivity contribution in [3.63, 3.8) is 0 Å². The average Bonchev–Trinajstić information content (AvgIpc) is 2.94. The number of hydrogen-bond donors (Lipinski definition) is 3. The maximum absolute atomic E-state index is 11.7. The highest BCUT2D eigenvalue weighted by molar-refractivity contribution is 7.10. The van der Waals surface area contributed by atoms with E-state index in [1.54, 1.807) is 31.6 Å². The highest BCUT2D eigenvalue weighted by Gasteiger charge is 2.31. The normalized spacial score (nSPS) is 13.6. The van der Waals surface area contributed by atoms with Gasteiger partial charge in [0.15, 0.2) is 5.69 Å². The lowest BCUT2D eigenvalue weighted by molar-refractivity contribution is -0.120. The van der Waals surface area contributed by atoms with Gasteiger partial charge in [0, 0.05) is 17.8 Å². The van der Waals surface area contributed by atoms with Crippen molar-refractivity contribution in [3.8, 4) is 0 Å². The third kappa shape index (κ3) is 3.23. The molecule has 8 heteroatoms. The molecule has 2 aromatic rings. The van der Waals surface area contributed by atoms with E-state index in [-0.39, 0.29) is 5.69 Å². The Balaban J connectivity index is 2.49. The first-order chi connectivity index (χ1) is 10.0. The molecule has 0 aliphatic carbocycles. The number of aromatic nitrogens is 2. The Morgan fingerprint density at radius 2 is 2.24 bits per heavy atom. The number of thiazole rings is 1. The van der Waals surface area contributed by atoms with E-state index in [2.05, 4.69) is 15.3 Å². The molecule has 2 atom stereocenters. The van der Waals surface area contributed by atoms with Gasteiger partial charge in [0.2, 0.25) is 5.91 Å². The van der Waals surface area contributed by atoms with Gasteiger partial charge in [0.25, 0.3) is 0 Å². The molecule has 2 heterocycles. The van der Waals surface area contributed by atoms with Crippen LogP contribution in [0.15, 0.2) is 29.9 Å². The van der Waals surface area contributed by atoms with Crippen molar-refractivity contribution >= 4 is 23.2 Å². The molecule has 0 spiro atoms. The quantitative estimate of drug-likeness (QED) is 0.712. The molecule has 0 aliphatic rings. The van der Waals surface area contributed by atoms with Gasteiger partial charge < -0.3 is 16.2 Å². The van der Waals surface area contributed by atoms with Crippen LogP contribution in [-0.2, 0) is 4.79 Å². The highest BCUT2D eigenvalue weighted by Crippen LogP contribution is 2.30. The summed E-state index contributed by atoms with van der Waals surface area (Å²) in [5.74, 6) is -2.14. The summed E-state index contributed by atoms with van der Waals surface area (Å²) in [4.78, 5) is 30.7. The van der Waals surface area contributed by atoms with E-state index in [0.717, 1.165) is 5.56 Å². The van der Waals surface area contributed by atoms with Crippen LogP contribution >= 0.6 is 11.3 Å². The molecule has 0 saturated heterocycles. The molecule has 2 unspecified atom stereocenters. The minimum atomic E-state index is -1.11. The van der Waals surface area contributed by atoms with Crippen molar-refractivity contribution in [2.24, 2.45) is 5.73 Å². The second-order valence-corrected chi connectivity index (χ2v) is 5.20. The first-order valence-electron chi connectivity index (χ1n) is 6.09. The first-order valence-corrected chi connectivity index (χ1v) is 6.97. The maximum atomic E-state index is 11.7. The van der Waals surface area contributed by atoms with E-state index in [0.29, 0.717) is 5.01 Å². The van der Waals surface area contributed by atoms with Crippen molar-refractivity contribution in [1.29, 1.82) is 0 Å². The largest absolute Gasteiger partial charge is 0.476 e. The van der Waals surface area contributed by atoms with E-state index in [1.807, 2.05) is 0 Å². The Labute approximate surface area is 124 Å². The summed E-state index contributed by atoms with van der Waals surface area (Å²) < 4.78 is 0. The molecule has 110 valence electrons. The molecule has 0 bridgehead atoms. The van der Waals surface area contributed by atoms with Crippen LogP contribution in [0.25, 0.3) is 0 Å². The van der Waals surface area contributed by atoms with Crippen LogP contribution in [-0.4, -0.2) is 40.0 Å². The van der Waals surface area contributed by atoms with Gasteiger partial charge in [-0.3, -0.25) is 9.78 Å². The fourth-order valence-corrected chi connectivity index (χ4v) is 3.00. The number of pyridine rings is 1. The summed E-state index contributed by atoms with van der Waals surface area (Å²) in [5, 5.41) is 13.8. The second-order valence-electron chi connectivity index (χ2n) is 4.31. The lowest BCUT2D eigenvalue weighted by atomic mass is 9.92. The standard InChI is InChI=1S/C13H14N4O3S/c1-15-10(11(14)18)9(7-3-2-4-16-5-7)12-17-8(6-21-12)13(19)20/h2-6,9-10,15H,1H3,(H2,14,18)(H,19,20). The number of nitrogens with one attached hydrogen (secondary N) is 1. The predicted octanol–water partition coefficient (Wildman–Crippen LogP) is 0.442. The lowest BCUT2D eigenvalue weighted by Crippen LogP contribution is -2.44. The number of amides is 1. The minimum Gasteiger partial charge on any atom is -0.476 e. The van der Waals surface area contributed by atoms with Crippen LogP contribution < -0.4 is 11.1 Å². The second kappa shape index (κ2) is 6.42. The fraction of sp³-hybridized carbons (Fsp3) is 0.231. The number of carbonyl (C=O) groups excluding carboxylic acids is 1. The molecule has 2 rings (SSSR count). The van der Waals surface area contributed by atoms with E-state index in [9.17, 15) is 9.59 Å².